The van der Waals surface area contributed by atoms with E-state index in [2.05, 4.69) is 15.9 Å². The second kappa shape index (κ2) is 6.69. The summed E-state index contributed by atoms with van der Waals surface area (Å²) < 4.78 is 5.27. The number of halogens is 1. The van der Waals surface area contributed by atoms with Crippen LogP contribution in [0, 0.1) is 5.92 Å². The number of alkyl halides is 1. The maximum Gasteiger partial charge on any atom is 0.0571 e. The lowest BCUT2D eigenvalue weighted by molar-refractivity contribution is 0.0601. The molecular formula is C8H15BrMgO. The van der Waals surface area contributed by atoms with Crippen LogP contribution in [-0.2, 0) is 4.74 Å². The third-order valence-electron chi connectivity index (χ3n) is 2.35. The molecule has 0 N–H and O–H groups in total. The molecule has 0 unspecified atom stereocenters. The fourth-order valence-electron chi connectivity index (χ4n) is 1.52. The molecule has 1 rings (SSSR count). The van der Waals surface area contributed by atoms with Gasteiger partial charge in [-0.05, 0) is 31.6 Å². The van der Waals surface area contributed by atoms with Gasteiger partial charge >= 0.3 is 0 Å². The summed E-state index contributed by atoms with van der Waals surface area (Å²) in [5.41, 5.74) is 0. The summed E-state index contributed by atoms with van der Waals surface area (Å²) >= 11 is 3.51. The lowest BCUT2D eigenvalue weighted by Gasteiger charge is -2.25. The highest BCUT2D eigenvalue weighted by atomic mass is 79.9. The van der Waals surface area contributed by atoms with Crippen molar-refractivity contribution in [3.05, 3.63) is 0 Å². The number of ether oxygens (including phenoxy) is 1. The summed E-state index contributed by atoms with van der Waals surface area (Å²) in [5, 5.41) is 1.17. The summed E-state index contributed by atoms with van der Waals surface area (Å²) in [6, 6.07) is 0. The number of hydrogen-bond donors (Lipinski definition) is 0. The van der Waals surface area contributed by atoms with Crippen molar-refractivity contribution in [2.24, 2.45) is 5.92 Å². The zero-order valence-electron chi connectivity index (χ0n) is 7.18. The van der Waals surface area contributed by atoms with Crippen LogP contribution in [0.1, 0.15) is 25.7 Å². The van der Waals surface area contributed by atoms with Gasteiger partial charge in [-0.1, -0.05) is 15.9 Å². The lowest BCUT2D eigenvalue weighted by atomic mass is 9.89. The van der Waals surface area contributed by atoms with E-state index in [1.165, 1.54) is 31.0 Å². The summed E-state index contributed by atoms with van der Waals surface area (Å²) in [7, 11) is 1.82. The highest BCUT2D eigenvalue weighted by Gasteiger charge is 2.19. The largest absolute Gasteiger partial charge is 0.381 e. The van der Waals surface area contributed by atoms with Gasteiger partial charge in [0, 0.05) is 35.5 Å². The minimum Gasteiger partial charge on any atom is -0.381 e. The lowest BCUT2D eigenvalue weighted by Crippen LogP contribution is -2.20. The van der Waals surface area contributed by atoms with Crippen LogP contribution in [0.15, 0.2) is 0 Å². The molecular weight excluding hydrogens is 216 g/mol. The molecule has 1 saturated carbocycles. The molecule has 1 aliphatic rings. The monoisotopic (exact) mass is 230 g/mol. The first-order valence-corrected chi connectivity index (χ1v) is 5.07. The predicted molar refractivity (Wildman–Crippen MR) is 52.3 cm³/mol. The first-order chi connectivity index (χ1) is 4.86. The van der Waals surface area contributed by atoms with Crippen LogP contribution < -0.4 is 0 Å². The smallest absolute Gasteiger partial charge is 0.0571 e. The second-order valence-corrected chi connectivity index (χ2v) is 3.68. The minimum absolute atomic E-state index is 0. The first-order valence-electron chi connectivity index (χ1n) is 3.95. The molecule has 3 heteroatoms. The van der Waals surface area contributed by atoms with Crippen molar-refractivity contribution in [3.8, 4) is 0 Å². The van der Waals surface area contributed by atoms with Gasteiger partial charge in [0.25, 0.3) is 0 Å². The molecule has 62 valence electrons. The number of hydrogen-bond acceptors (Lipinski definition) is 1. The Bertz CT molecular complexity index is 80.1. The fraction of sp³-hybridized carbons (Fsp3) is 1.00. The van der Waals surface area contributed by atoms with Crippen molar-refractivity contribution in [1.29, 1.82) is 0 Å². The van der Waals surface area contributed by atoms with Crippen molar-refractivity contribution in [1.82, 2.24) is 0 Å². The van der Waals surface area contributed by atoms with E-state index in [1.54, 1.807) is 0 Å². The Morgan fingerprint density at radius 3 is 2.18 bits per heavy atom. The van der Waals surface area contributed by atoms with Crippen molar-refractivity contribution in [2.45, 2.75) is 31.8 Å². The van der Waals surface area contributed by atoms with Gasteiger partial charge in [0.05, 0.1) is 6.10 Å². The van der Waals surface area contributed by atoms with Crippen molar-refractivity contribution < 1.29 is 4.74 Å². The SMILES string of the molecule is COC1CCC(CBr)CC1.[Mg]. The topological polar surface area (TPSA) is 9.23 Å². The molecule has 1 aliphatic carbocycles. The Morgan fingerprint density at radius 1 is 1.27 bits per heavy atom. The molecule has 0 amide bonds. The molecule has 0 spiro atoms. The summed E-state index contributed by atoms with van der Waals surface area (Å²) in [4.78, 5) is 0. The van der Waals surface area contributed by atoms with Gasteiger partial charge in [0.15, 0.2) is 0 Å². The summed E-state index contributed by atoms with van der Waals surface area (Å²) in [6.07, 6.45) is 5.74. The molecule has 0 saturated heterocycles. The molecule has 0 aromatic heterocycles. The van der Waals surface area contributed by atoms with Gasteiger partial charge in [-0.3, -0.25) is 0 Å². The standard InChI is InChI=1S/C8H15BrO.Mg/c1-10-8-4-2-7(6-9)3-5-8;/h7-8H,2-6H2,1H3;. The quantitative estimate of drug-likeness (QED) is 0.523. The van der Waals surface area contributed by atoms with E-state index in [-0.39, 0.29) is 23.1 Å². The van der Waals surface area contributed by atoms with E-state index >= 15 is 0 Å². The summed E-state index contributed by atoms with van der Waals surface area (Å²) in [5.74, 6) is 0.909. The fourth-order valence-corrected chi connectivity index (χ4v) is 2.17. The molecule has 1 fully saturated rings. The van der Waals surface area contributed by atoms with Crippen LogP contribution in [0.4, 0.5) is 0 Å². The maximum atomic E-state index is 5.27. The van der Waals surface area contributed by atoms with Crippen molar-refractivity contribution >= 4 is 39.0 Å². The Kier molecular flexibility index (Phi) is 7.43. The van der Waals surface area contributed by atoms with Crippen LogP contribution >= 0.6 is 15.9 Å². The average Bonchev–Trinajstić information content (AvgIpc) is 2.05. The third kappa shape index (κ3) is 4.11. The van der Waals surface area contributed by atoms with Crippen molar-refractivity contribution in [2.75, 3.05) is 12.4 Å². The van der Waals surface area contributed by atoms with Crippen LogP contribution in [0.5, 0.6) is 0 Å². The molecule has 1 nitrogen and oxygen atoms in total. The Labute approximate surface area is 93.5 Å². The zero-order chi connectivity index (χ0) is 7.40. The maximum absolute atomic E-state index is 5.27. The molecule has 0 heterocycles. The molecule has 0 aromatic rings. The van der Waals surface area contributed by atoms with Crippen LogP contribution in [0.2, 0.25) is 0 Å². The normalized spacial score (nSPS) is 31.1. The van der Waals surface area contributed by atoms with Gasteiger partial charge in [0.1, 0.15) is 0 Å². The zero-order valence-corrected chi connectivity index (χ0v) is 10.2. The van der Waals surface area contributed by atoms with E-state index in [0.717, 1.165) is 5.92 Å². The number of methoxy groups -OCH3 is 1. The van der Waals surface area contributed by atoms with E-state index < -0.39 is 0 Å². The average molecular weight is 231 g/mol. The minimum atomic E-state index is 0. The Hall–Kier alpha value is 1.21. The van der Waals surface area contributed by atoms with Crippen LogP contribution in [-0.4, -0.2) is 41.6 Å². The molecule has 0 aliphatic heterocycles. The van der Waals surface area contributed by atoms with E-state index in [4.69, 9.17) is 4.74 Å². The van der Waals surface area contributed by atoms with Crippen LogP contribution in [0.3, 0.4) is 0 Å². The Balaban J connectivity index is 0.000001000. The Morgan fingerprint density at radius 2 is 1.82 bits per heavy atom. The molecule has 11 heavy (non-hydrogen) atoms. The van der Waals surface area contributed by atoms with E-state index in [1.807, 2.05) is 7.11 Å². The molecule has 2 radical (unpaired) electrons. The highest BCUT2D eigenvalue weighted by Crippen LogP contribution is 2.26. The highest BCUT2D eigenvalue weighted by molar-refractivity contribution is 9.09. The van der Waals surface area contributed by atoms with Gasteiger partial charge in [-0.2, -0.15) is 0 Å². The van der Waals surface area contributed by atoms with Gasteiger partial charge in [-0.15, -0.1) is 0 Å². The molecule has 0 bridgehead atoms. The van der Waals surface area contributed by atoms with E-state index in [9.17, 15) is 0 Å². The third-order valence-corrected chi connectivity index (χ3v) is 3.26. The molecule has 0 aromatic carbocycles. The van der Waals surface area contributed by atoms with Crippen LogP contribution in [0.25, 0.3) is 0 Å². The second-order valence-electron chi connectivity index (χ2n) is 3.03. The van der Waals surface area contributed by atoms with Gasteiger partial charge in [0.2, 0.25) is 0 Å². The number of rotatable bonds is 2. The molecule has 0 atom stereocenters. The summed E-state index contributed by atoms with van der Waals surface area (Å²) in [6.45, 7) is 0. The predicted octanol–water partition coefficient (Wildman–Crippen LogP) is 2.21. The van der Waals surface area contributed by atoms with Gasteiger partial charge < -0.3 is 4.74 Å². The van der Waals surface area contributed by atoms with Crippen molar-refractivity contribution in [3.63, 3.8) is 0 Å². The van der Waals surface area contributed by atoms with Gasteiger partial charge in [-0.25, -0.2) is 0 Å². The van der Waals surface area contributed by atoms with E-state index in [0.29, 0.717) is 6.10 Å². The first kappa shape index (κ1) is 12.2.